The maximum absolute atomic E-state index is 12.8. The Kier molecular flexibility index (Phi) is 4.70. The Bertz CT molecular complexity index is 688. The summed E-state index contributed by atoms with van der Waals surface area (Å²) < 4.78 is 45.9. The average molecular weight is 341 g/mol. The van der Waals surface area contributed by atoms with E-state index in [0.29, 0.717) is 6.61 Å². The number of alkyl halides is 3. The van der Waals surface area contributed by atoms with Crippen molar-refractivity contribution in [2.45, 2.75) is 44.6 Å². The zero-order valence-corrected chi connectivity index (χ0v) is 13.1. The van der Waals surface area contributed by atoms with E-state index in [0.717, 1.165) is 37.2 Å². The molecule has 0 saturated carbocycles. The molecule has 0 aromatic carbocycles. The van der Waals surface area contributed by atoms with Crippen molar-refractivity contribution in [3.63, 3.8) is 0 Å². The first-order valence-corrected chi connectivity index (χ1v) is 7.78. The monoisotopic (exact) mass is 341 g/mol. The van der Waals surface area contributed by atoms with Crippen molar-refractivity contribution in [2.24, 2.45) is 0 Å². The predicted octanol–water partition coefficient (Wildman–Crippen LogP) is 3.04. The maximum atomic E-state index is 12.8. The van der Waals surface area contributed by atoms with E-state index < -0.39 is 11.9 Å². The fourth-order valence-electron chi connectivity index (χ4n) is 2.71. The summed E-state index contributed by atoms with van der Waals surface area (Å²) in [5, 5.41) is 7.21. The Labute approximate surface area is 137 Å². The number of ether oxygens (including phenoxy) is 1. The molecule has 0 aliphatic carbocycles. The molecule has 0 spiro atoms. The first-order valence-electron chi connectivity index (χ1n) is 7.78. The Morgan fingerprint density at radius 1 is 1.42 bits per heavy atom. The largest absolute Gasteiger partial charge is 0.433 e. The van der Waals surface area contributed by atoms with Crippen molar-refractivity contribution in [1.82, 2.24) is 19.7 Å². The van der Waals surface area contributed by atoms with Gasteiger partial charge in [0, 0.05) is 31.1 Å². The van der Waals surface area contributed by atoms with E-state index in [1.807, 2.05) is 13.1 Å². The lowest BCUT2D eigenvalue weighted by molar-refractivity contribution is -0.141. The molecule has 3 rings (SSSR count). The summed E-state index contributed by atoms with van der Waals surface area (Å²) in [4.78, 5) is 7.46. The molecule has 9 heteroatoms. The molecule has 0 unspecified atom stereocenters. The first kappa shape index (κ1) is 16.7. The lowest BCUT2D eigenvalue weighted by atomic mass is 9.98. The highest BCUT2D eigenvalue weighted by Gasteiger charge is 2.34. The van der Waals surface area contributed by atoms with Gasteiger partial charge < -0.3 is 10.1 Å². The summed E-state index contributed by atoms with van der Waals surface area (Å²) in [7, 11) is 0. The smallest absolute Gasteiger partial charge is 0.371 e. The number of halogens is 3. The number of aryl methyl sites for hydroxylation is 1. The van der Waals surface area contributed by atoms with Gasteiger partial charge in [-0.3, -0.25) is 4.68 Å². The third kappa shape index (κ3) is 3.66. The number of rotatable bonds is 4. The lowest BCUT2D eigenvalue weighted by Gasteiger charge is -2.31. The molecular weight excluding hydrogens is 323 g/mol. The Morgan fingerprint density at radius 3 is 2.96 bits per heavy atom. The quantitative estimate of drug-likeness (QED) is 0.926. The van der Waals surface area contributed by atoms with Gasteiger partial charge in [0.25, 0.3) is 0 Å². The summed E-state index contributed by atoms with van der Waals surface area (Å²) >= 11 is 0. The molecule has 6 nitrogen and oxygen atoms in total. The molecule has 1 aliphatic rings. The molecule has 2 aromatic heterocycles. The van der Waals surface area contributed by atoms with Crippen molar-refractivity contribution in [2.75, 3.05) is 11.9 Å². The van der Waals surface area contributed by atoms with Crippen molar-refractivity contribution in [3.8, 4) is 0 Å². The number of nitrogens with zero attached hydrogens (tertiary/aromatic N) is 4. The fourth-order valence-corrected chi connectivity index (χ4v) is 2.71. The molecule has 2 aromatic rings. The number of hydrogen-bond acceptors (Lipinski definition) is 5. The van der Waals surface area contributed by atoms with Gasteiger partial charge in [-0.25, -0.2) is 9.97 Å². The number of aromatic nitrogens is 4. The fraction of sp³-hybridized carbons (Fsp3) is 0.533. The highest BCUT2D eigenvalue weighted by atomic mass is 19.4. The van der Waals surface area contributed by atoms with Crippen molar-refractivity contribution in [3.05, 3.63) is 35.9 Å². The molecule has 1 N–H and O–H groups in total. The van der Waals surface area contributed by atoms with Crippen molar-refractivity contribution >= 4 is 5.95 Å². The molecule has 1 saturated heterocycles. The number of hydrogen-bond donors (Lipinski definition) is 1. The van der Waals surface area contributed by atoms with Crippen LogP contribution in [-0.4, -0.2) is 32.4 Å². The van der Waals surface area contributed by atoms with Crippen LogP contribution < -0.4 is 5.32 Å². The van der Waals surface area contributed by atoms with Gasteiger partial charge in [-0.1, -0.05) is 0 Å². The van der Waals surface area contributed by atoms with E-state index in [1.54, 1.807) is 10.9 Å². The summed E-state index contributed by atoms with van der Waals surface area (Å²) in [5.74, 6) is -0.0480. The van der Waals surface area contributed by atoms with Crippen LogP contribution in [0.15, 0.2) is 24.7 Å². The van der Waals surface area contributed by atoms with Crippen molar-refractivity contribution in [1.29, 1.82) is 0 Å². The second kappa shape index (κ2) is 6.76. The topological polar surface area (TPSA) is 64.9 Å². The summed E-state index contributed by atoms with van der Waals surface area (Å²) in [5.41, 5.74) is -0.0758. The lowest BCUT2D eigenvalue weighted by Crippen LogP contribution is -2.34. The maximum Gasteiger partial charge on any atom is 0.433 e. The molecular formula is C15H18F3N5O. The third-order valence-electron chi connectivity index (χ3n) is 3.89. The number of anilines is 1. The van der Waals surface area contributed by atoms with E-state index in [-0.39, 0.29) is 18.1 Å². The van der Waals surface area contributed by atoms with Gasteiger partial charge in [0.2, 0.25) is 5.95 Å². The van der Waals surface area contributed by atoms with E-state index >= 15 is 0 Å². The van der Waals surface area contributed by atoms with Crippen LogP contribution in [0.2, 0.25) is 0 Å². The Morgan fingerprint density at radius 2 is 2.25 bits per heavy atom. The minimum Gasteiger partial charge on any atom is -0.371 e. The van der Waals surface area contributed by atoms with Gasteiger partial charge in [0.05, 0.1) is 12.2 Å². The van der Waals surface area contributed by atoms with Crippen molar-refractivity contribution < 1.29 is 17.9 Å². The SMILES string of the molecule is CCn1cc([C@H]2OCCC[C@@H]2Nc2nccc(C(F)(F)F)n2)cn1. The van der Waals surface area contributed by atoms with Gasteiger partial charge in [-0.15, -0.1) is 0 Å². The molecule has 0 amide bonds. The van der Waals surface area contributed by atoms with Crippen LogP contribution in [0.5, 0.6) is 0 Å². The third-order valence-corrected chi connectivity index (χ3v) is 3.89. The molecule has 0 bridgehead atoms. The van der Waals surface area contributed by atoms with Crippen LogP contribution in [0.1, 0.15) is 37.1 Å². The zero-order valence-electron chi connectivity index (χ0n) is 13.1. The minimum absolute atomic E-state index is 0.0480. The second-order valence-corrected chi connectivity index (χ2v) is 5.58. The average Bonchev–Trinajstić information content (AvgIpc) is 3.04. The molecule has 2 atom stereocenters. The first-order chi connectivity index (χ1) is 11.5. The zero-order chi connectivity index (χ0) is 17.2. The van der Waals surface area contributed by atoms with E-state index in [9.17, 15) is 13.2 Å². The van der Waals surface area contributed by atoms with Gasteiger partial charge in [-0.2, -0.15) is 18.3 Å². The molecule has 130 valence electrons. The molecule has 24 heavy (non-hydrogen) atoms. The van der Waals surface area contributed by atoms with Gasteiger partial charge in [0.1, 0.15) is 11.8 Å². The van der Waals surface area contributed by atoms with Crippen LogP contribution in [0.3, 0.4) is 0 Å². The molecule has 0 radical (unpaired) electrons. The van der Waals surface area contributed by atoms with Crippen LogP contribution in [-0.2, 0) is 17.5 Å². The van der Waals surface area contributed by atoms with Crippen LogP contribution >= 0.6 is 0 Å². The van der Waals surface area contributed by atoms with E-state index in [1.165, 1.54) is 0 Å². The Balaban J connectivity index is 1.79. The summed E-state index contributed by atoms with van der Waals surface area (Å²) in [6, 6.07) is 0.641. The number of nitrogens with one attached hydrogen (secondary N) is 1. The molecule has 1 aliphatic heterocycles. The summed E-state index contributed by atoms with van der Waals surface area (Å²) in [6.07, 6.45) is 1.49. The van der Waals surface area contributed by atoms with Gasteiger partial charge >= 0.3 is 6.18 Å². The van der Waals surface area contributed by atoms with Crippen LogP contribution in [0.4, 0.5) is 19.1 Å². The molecule has 3 heterocycles. The second-order valence-electron chi connectivity index (χ2n) is 5.58. The van der Waals surface area contributed by atoms with E-state index in [4.69, 9.17) is 4.74 Å². The highest BCUT2D eigenvalue weighted by Crippen LogP contribution is 2.31. The minimum atomic E-state index is -4.50. The van der Waals surface area contributed by atoms with E-state index in [2.05, 4.69) is 20.4 Å². The Hall–Kier alpha value is -2.16. The standard InChI is InChI=1S/C15H18F3N5O/c1-2-23-9-10(8-20-23)13-11(4-3-7-24-13)21-14-19-6-5-12(22-14)15(16,17)18/h5-6,8-9,11,13H,2-4,7H2,1H3,(H,19,21,22)/t11-,13+/m0/s1. The van der Waals surface area contributed by atoms with Crippen LogP contribution in [0, 0.1) is 0 Å². The predicted molar refractivity (Wildman–Crippen MR) is 80.3 cm³/mol. The highest BCUT2D eigenvalue weighted by molar-refractivity contribution is 5.30. The van der Waals surface area contributed by atoms with Gasteiger partial charge in [-0.05, 0) is 25.8 Å². The van der Waals surface area contributed by atoms with Gasteiger partial charge in [0.15, 0.2) is 0 Å². The van der Waals surface area contributed by atoms with Crippen LogP contribution in [0.25, 0.3) is 0 Å². The molecule has 1 fully saturated rings. The summed E-state index contributed by atoms with van der Waals surface area (Å²) in [6.45, 7) is 3.32. The normalized spacial score (nSPS) is 21.7.